The summed E-state index contributed by atoms with van der Waals surface area (Å²) in [4.78, 5) is 2.35. The standard InChI is InChI=1S/C21H23N3O2/c1-23-11-9-21(10-12-23)24-19(17-7-2-3-8-20(17)26-21)14-18(22-24)15-5-4-6-16(25)13-15/h2-8,13,19,25H,9-12,14H2,1H3/t19-/m1/s1. The van der Waals surface area contributed by atoms with E-state index in [1.807, 2.05) is 18.2 Å². The summed E-state index contributed by atoms with van der Waals surface area (Å²) in [5.41, 5.74) is 2.84. The first-order valence-corrected chi connectivity index (χ1v) is 9.27. The molecule has 0 aliphatic carbocycles. The Balaban J connectivity index is 1.58. The molecular formula is C21H23N3O2. The Morgan fingerprint density at radius 3 is 2.73 bits per heavy atom. The Bertz CT molecular complexity index is 871. The quantitative estimate of drug-likeness (QED) is 0.858. The van der Waals surface area contributed by atoms with Crippen molar-refractivity contribution in [3.63, 3.8) is 0 Å². The highest BCUT2D eigenvalue weighted by Gasteiger charge is 2.51. The van der Waals surface area contributed by atoms with E-state index in [4.69, 9.17) is 9.84 Å². The third-order valence-corrected chi connectivity index (χ3v) is 5.85. The zero-order chi connectivity index (χ0) is 17.7. The van der Waals surface area contributed by atoms with E-state index >= 15 is 0 Å². The first-order valence-electron chi connectivity index (χ1n) is 9.27. The molecular weight excluding hydrogens is 326 g/mol. The van der Waals surface area contributed by atoms with Crippen molar-refractivity contribution < 1.29 is 9.84 Å². The number of hydrogen-bond acceptors (Lipinski definition) is 5. The molecule has 0 saturated carbocycles. The number of nitrogens with zero attached hydrogens (tertiary/aromatic N) is 3. The third kappa shape index (κ3) is 2.38. The van der Waals surface area contributed by atoms with Crippen LogP contribution in [0.25, 0.3) is 0 Å². The van der Waals surface area contributed by atoms with Crippen LogP contribution in [0, 0.1) is 0 Å². The topological polar surface area (TPSA) is 48.3 Å². The molecule has 1 N–H and O–H groups in total. The summed E-state index contributed by atoms with van der Waals surface area (Å²) in [6, 6.07) is 15.9. The second kappa shape index (κ2) is 5.74. The summed E-state index contributed by atoms with van der Waals surface area (Å²) in [5.74, 6) is 1.27. The summed E-state index contributed by atoms with van der Waals surface area (Å²) in [7, 11) is 2.16. The van der Waals surface area contributed by atoms with E-state index in [0.717, 1.165) is 49.4 Å². The molecule has 1 atom stereocenters. The lowest BCUT2D eigenvalue weighted by Gasteiger charge is -2.50. The van der Waals surface area contributed by atoms with Crippen LogP contribution in [0.3, 0.4) is 0 Å². The van der Waals surface area contributed by atoms with Gasteiger partial charge in [-0.3, -0.25) is 0 Å². The summed E-state index contributed by atoms with van der Waals surface area (Å²) in [6.45, 7) is 2.00. The number of para-hydroxylation sites is 1. The second-order valence-electron chi connectivity index (χ2n) is 7.55. The molecule has 134 valence electrons. The maximum absolute atomic E-state index is 9.86. The first kappa shape index (κ1) is 15.7. The molecule has 3 heterocycles. The van der Waals surface area contributed by atoms with Crippen LogP contribution in [0.15, 0.2) is 53.6 Å². The third-order valence-electron chi connectivity index (χ3n) is 5.85. The molecule has 5 nitrogen and oxygen atoms in total. The zero-order valence-electron chi connectivity index (χ0n) is 14.9. The minimum atomic E-state index is -0.371. The SMILES string of the molecule is CN1CCC2(CC1)Oc1ccccc1[C@H]1CC(c3cccc(O)c3)=NN12. The maximum atomic E-state index is 9.86. The largest absolute Gasteiger partial charge is 0.508 e. The van der Waals surface area contributed by atoms with Crippen molar-refractivity contribution in [1.29, 1.82) is 0 Å². The van der Waals surface area contributed by atoms with Gasteiger partial charge in [0.05, 0.1) is 11.8 Å². The van der Waals surface area contributed by atoms with Gasteiger partial charge in [0.25, 0.3) is 0 Å². The van der Waals surface area contributed by atoms with Crippen molar-refractivity contribution in [3.05, 3.63) is 59.7 Å². The number of likely N-dealkylation sites (tertiary alicyclic amines) is 1. The van der Waals surface area contributed by atoms with Gasteiger partial charge in [-0.25, -0.2) is 5.01 Å². The molecule has 3 aliphatic rings. The molecule has 0 bridgehead atoms. The average Bonchev–Trinajstić information content (AvgIpc) is 3.11. The monoisotopic (exact) mass is 349 g/mol. The van der Waals surface area contributed by atoms with Crippen LogP contribution in [0.1, 0.15) is 36.4 Å². The molecule has 2 aromatic rings. The van der Waals surface area contributed by atoms with Crippen molar-refractivity contribution in [3.8, 4) is 11.5 Å². The van der Waals surface area contributed by atoms with Gasteiger partial charge in [-0.15, -0.1) is 0 Å². The second-order valence-corrected chi connectivity index (χ2v) is 7.55. The lowest BCUT2D eigenvalue weighted by molar-refractivity contribution is -0.147. The van der Waals surface area contributed by atoms with Gasteiger partial charge in [0, 0.05) is 43.5 Å². The number of aromatic hydroxyl groups is 1. The minimum Gasteiger partial charge on any atom is -0.508 e. The molecule has 3 aliphatic heterocycles. The van der Waals surface area contributed by atoms with E-state index in [1.54, 1.807) is 12.1 Å². The summed E-state index contributed by atoms with van der Waals surface area (Å²) in [6.07, 6.45) is 2.71. The molecule has 1 spiro atoms. The maximum Gasteiger partial charge on any atom is 0.200 e. The van der Waals surface area contributed by atoms with Crippen LogP contribution in [0.5, 0.6) is 11.5 Å². The smallest absolute Gasteiger partial charge is 0.200 e. The zero-order valence-corrected chi connectivity index (χ0v) is 14.9. The van der Waals surface area contributed by atoms with E-state index in [1.165, 1.54) is 5.56 Å². The number of piperidine rings is 1. The van der Waals surface area contributed by atoms with E-state index in [9.17, 15) is 5.11 Å². The number of phenols is 1. The molecule has 5 heteroatoms. The van der Waals surface area contributed by atoms with E-state index < -0.39 is 0 Å². The highest BCUT2D eigenvalue weighted by molar-refractivity contribution is 6.02. The fourth-order valence-electron chi connectivity index (χ4n) is 4.39. The van der Waals surface area contributed by atoms with E-state index in [-0.39, 0.29) is 17.5 Å². The van der Waals surface area contributed by atoms with E-state index in [2.05, 4.69) is 35.2 Å². The molecule has 0 aromatic heterocycles. The first-order chi connectivity index (χ1) is 12.6. The van der Waals surface area contributed by atoms with Crippen LogP contribution >= 0.6 is 0 Å². The van der Waals surface area contributed by atoms with Gasteiger partial charge in [0.2, 0.25) is 5.72 Å². The van der Waals surface area contributed by atoms with Gasteiger partial charge in [0.15, 0.2) is 0 Å². The van der Waals surface area contributed by atoms with Crippen LogP contribution in [-0.4, -0.2) is 46.6 Å². The van der Waals surface area contributed by atoms with Gasteiger partial charge in [0.1, 0.15) is 11.5 Å². The predicted molar refractivity (Wildman–Crippen MR) is 100 cm³/mol. The van der Waals surface area contributed by atoms with Crippen molar-refractivity contribution in [2.75, 3.05) is 20.1 Å². The molecule has 26 heavy (non-hydrogen) atoms. The van der Waals surface area contributed by atoms with Gasteiger partial charge >= 0.3 is 0 Å². The van der Waals surface area contributed by atoms with Crippen LogP contribution in [-0.2, 0) is 0 Å². The van der Waals surface area contributed by atoms with Gasteiger partial charge in [-0.2, -0.15) is 5.10 Å². The van der Waals surface area contributed by atoms with Gasteiger partial charge in [-0.05, 0) is 25.2 Å². The molecule has 0 amide bonds. The Morgan fingerprint density at radius 1 is 1.12 bits per heavy atom. The van der Waals surface area contributed by atoms with Crippen molar-refractivity contribution in [2.24, 2.45) is 5.10 Å². The number of benzene rings is 2. The normalized spacial score (nSPS) is 24.0. The predicted octanol–water partition coefficient (Wildman–Crippen LogP) is 3.36. The Hall–Kier alpha value is -2.53. The van der Waals surface area contributed by atoms with Crippen molar-refractivity contribution >= 4 is 5.71 Å². The average molecular weight is 349 g/mol. The van der Waals surface area contributed by atoms with Crippen LogP contribution in [0.4, 0.5) is 0 Å². The van der Waals surface area contributed by atoms with Crippen molar-refractivity contribution in [1.82, 2.24) is 9.91 Å². The number of fused-ring (bicyclic) bond motifs is 4. The van der Waals surface area contributed by atoms with Crippen molar-refractivity contribution in [2.45, 2.75) is 31.0 Å². The summed E-state index contributed by atoms with van der Waals surface area (Å²) in [5, 5.41) is 17.1. The lowest BCUT2D eigenvalue weighted by atomic mass is 9.91. The number of ether oxygens (including phenoxy) is 1. The highest BCUT2D eigenvalue weighted by atomic mass is 16.5. The number of hydrazone groups is 1. The number of phenolic OH excluding ortho intramolecular Hbond substituents is 1. The van der Waals surface area contributed by atoms with E-state index in [0.29, 0.717) is 0 Å². The Morgan fingerprint density at radius 2 is 1.92 bits per heavy atom. The molecule has 0 unspecified atom stereocenters. The fourth-order valence-corrected chi connectivity index (χ4v) is 4.39. The molecule has 5 rings (SSSR count). The highest BCUT2D eigenvalue weighted by Crippen LogP contribution is 2.49. The number of rotatable bonds is 1. The fraction of sp³-hybridized carbons (Fsp3) is 0.381. The minimum absolute atomic E-state index is 0.195. The van der Waals surface area contributed by atoms with Crippen LogP contribution in [0.2, 0.25) is 0 Å². The van der Waals surface area contributed by atoms with Gasteiger partial charge in [-0.1, -0.05) is 30.3 Å². The summed E-state index contributed by atoms with van der Waals surface area (Å²) >= 11 is 0. The summed E-state index contributed by atoms with van der Waals surface area (Å²) < 4.78 is 6.57. The van der Waals surface area contributed by atoms with Crippen LogP contribution < -0.4 is 4.74 Å². The molecule has 2 aromatic carbocycles. The van der Waals surface area contributed by atoms with Gasteiger partial charge < -0.3 is 14.7 Å². The lowest BCUT2D eigenvalue weighted by Crippen LogP contribution is -2.58. The molecule has 1 fully saturated rings. The molecule has 1 saturated heterocycles. The molecule has 0 radical (unpaired) electrons. The Kier molecular flexibility index (Phi) is 3.47. The number of hydrogen-bond donors (Lipinski definition) is 1. The Labute approximate surface area is 153 Å².